The van der Waals surface area contributed by atoms with Crippen molar-refractivity contribution in [3.8, 4) is 5.75 Å². The van der Waals surface area contributed by atoms with Crippen LogP contribution in [0.4, 0.5) is 4.39 Å². The zero-order valence-electron chi connectivity index (χ0n) is 13.7. The lowest BCUT2D eigenvalue weighted by Gasteiger charge is -2.32. The number of benzene rings is 1. The third-order valence-corrected chi connectivity index (χ3v) is 5.01. The summed E-state index contributed by atoms with van der Waals surface area (Å²) in [7, 11) is 1.40. The molecule has 0 aliphatic carbocycles. The zero-order valence-corrected chi connectivity index (χ0v) is 15.3. The number of halogens is 2. The lowest BCUT2D eigenvalue weighted by Crippen LogP contribution is -2.38. The molecule has 0 atom stereocenters. The highest BCUT2D eigenvalue weighted by atomic mass is 79.9. The highest BCUT2D eigenvalue weighted by Crippen LogP contribution is 2.31. The Morgan fingerprint density at radius 2 is 2.04 bits per heavy atom. The van der Waals surface area contributed by atoms with Crippen LogP contribution in [-0.4, -0.2) is 36.0 Å². The van der Waals surface area contributed by atoms with Gasteiger partial charge in [0.25, 0.3) is 5.91 Å². The lowest BCUT2D eigenvalue weighted by atomic mass is 9.89. The number of piperidine rings is 1. The van der Waals surface area contributed by atoms with Crippen molar-refractivity contribution < 1.29 is 13.9 Å². The lowest BCUT2D eigenvalue weighted by molar-refractivity contribution is 0.0706. The molecule has 0 unspecified atom stereocenters. The number of carbonyl (C=O) groups is 1. The molecule has 0 spiro atoms. The van der Waals surface area contributed by atoms with Crippen LogP contribution in [0.1, 0.15) is 34.8 Å². The maximum Gasteiger partial charge on any atom is 0.270 e. The van der Waals surface area contributed by atoms with Crippen LogP contribution in [0, 0.1) is 5.82 Å². The average molecular weight is 409 g/mol. The molecule has 2 aromatic rings. The molecule has 1 aliphatic heterocycles. The Labute approximate surface area is 152 Å². The highest BCUT2D eigenvalue weighted by molar-refractivity contribution is 9.10. The van der Waals surface area contributed by atoms with Gasteiger partial charge in [0.05, 0.1) is 7.11 Å². The molecule has 0 bridgehead atoms. The normalized spacial score (nSPS) is 15.2. The fraction of sp³-hybridized carbons (Fsp3) is 0.333. The first-order valence-corrected chi connectivity index (χ1v) is 8.80. The van der Waals surface area contributed by atoms with Gasteiger partial charge in [-0.05, 0) is 36.5 Å². The van der Waals surface area contributed by atoms with Gasteiger partial charge in [0.2, 0.25) is 5.43 Å². The van der Waals surface area contributed by atoms with Crippen LogP contribution in [0.2, 0.25) is 0 Å². The number of methoxy groups -OCH3 is 1. The van der Waals surface area contributed by atoms with Gasteiger partial charge >= 0.3 is 0 Å². The first kappa shape index (κ1) is 17.7. The van der Waals surface area contributed by atoms with Gasteiger partial charge in [0.15, 0.2) is 5.75 Å². The number of hydrogen-bond donors (Lipinski definition) is 1. The number of rotatable bonds is 3. The average Bonchev–Trinajstić information content (AvgIpc) is 2.61. The van der Waals surface area contributed by atoms with Crippen LogP contribution >= 0.6 is 15.9 Å². The highest BCUT2D eigenvalue weighted by Gasteiger charge is 2.26. The van der Waals surface area contributed by atoms with Crippen LogP contribution in [0.15, 0.2) is 39.7 Å². The molecule has 1 aromatic heterocycles. The van der Waals surface area contributed by atoms with E-state index in [4.69, 9.17) is 4.74 Å². The van der Waals surface area contributed by atoms with E-state index in [1.54, 1.807) is 11.0 Å². The molecule has 1 fully saturated rings. The number of ether oxygens (including phenoxy) is 1. The molecule has 1 aromatic carbocycles. The number of aromatic nitrogens is 1. The predicted octanol–water partition coefficient (Wildman–Crippen LogP) is 3.30. The van der Waals surface area contributed by atoms with Crippen molar-refractivity contribution in [2.24, 2.45) is 0 Å². The molecule has 132 valence electrons. The Kier molecular flexibility index (Phi) is 5.22. The van der Waals surface area contributed by atoms with Crippen molar-refractivity contribution in [1.29, 1.82) is 0 Å². The number of pyridine rings is 1. The molecule has 1 saturated heterocycles. The summed E-state index contributed by atoms with van der Waals surface area (Å²) in [6.45, 7) is 1.04. The molecule has 3 rings (SSSR count). The molecule has 1 aliphatic rings. The van der Waals surface area contributed by atoms with Crippen LogP contribution in [0.5, 0.6) is 5.75 Å². The third-order valence-electron chi connectivity index (χ3n) is 4.51. The fourth-order valence-electron chi connectivity index (χ4n) is 3.14. The minimum absolute atomic E-state index is 0.0899. The number of amides is 1. The molecule has 1 amide bonds. The summed E-state index contributed by atoms with van der Waals surface area (Å²) in [6.07, 6.45) is 2.76. The van der Waals surface area contributed by atoms with E-state index in [2.05, 4.69) is 20.9 Å². The smallest absolute Gasteiger partial charge is 0.270 e. The van der Waals surface area contributed by atoms with Crippen LogP contribution in [0.3, 0.4) is 0 Å². The van der Waals surface area contributed by atoms with E-state index < -0.39 is 0 Å². The molecular weight excluding hydrogens is 391 g/mol. The minimum Gasteiger partial charge on any atom is -0.491 e. The number of hydrogen-bond acceptors (Lipinski definition) is 3. The first-order chi connectivity index (χ1) is 12.0. The maximum absolute atomic E-state index is 14.1. The summed E-state index contributed by atoms with van der Waals surface area (Å²) in [5.74, 6) is -0.193. The molecule has 5 nitrogen and oxygen atoms in total. The van der Waals surface area contributed by atoms with Gasteiger partial charge < -0.3 is 14.6 Å². The maximum atomic E-state index is 14.1. The van der Waals surface area contributed by atoms with Gasteiger partial charge in [-0.1, -0.05) is 22.0 Å². The Morgan fingerprint density at radius 3 is 2.64 bits per heavy atom. The van der Waals surface area contributed by atoms with Crippen molar-refractivity contribution in [2.75, 3.05) is 20.2 Å². The third kappa shape index (κ3) is 3.76. The van der Waals surface area contributed by atoms with Crippen LogP contribution in [-0.2, 0) is 0 Å². The second-order valence-electron chi connectivity index (χ2n) is 6.01. The molecule has 7 heteroatoms. The molecule has 1 N–H and O–H groups in total. The van der Waals surface area contributed by atoms with E-state index in [0.29, 0.717) is 36.0 Å². The minimum atomic E-state index is -0.337. The van der Waals surface area contributed by atoms with E-state index in [-0.39, 0.29) is 34.5 Å². The summed E-state index contributed by atoms with van der Waals surface area (Å²) in [5, 5.41) is 0. The van der Waals surface area contributed by atoms with Crippen LogP contribution < -0.4 is 10.2 Å². The first-order valence-electron chi connectivity index (χ1n) is 8.00. The molecule has 2 heterocycles. The van der Waals surface area contributed by atoms with Gasteiger partial charge in [0, 0.05) is 29.8 Å². The van der Waals surface area contributed by atoms with E-state index in [1.807, 2.05) is 6.07 Å². The zero-order chi connectivity index (χ0) is 18.0. The number of carbonyl (C=O) groups excluding carboxylic acids is 1. The SMILES string of the molecule is COc1c[nH]c(C(=O)N2CCC(c3ccc(Br)cc3F)CC2)cc1=O. The Bertz CT molecular complexity index is 844. The van der Waals surface area contributed by atoms with E-state index in [1.165, 1.54) is 25.4 Å². The number of nitrogens with zero attached hydrogens (tertiary/aromatic N) is 1. The number of aromatic amines is 1. The number of H-pyrrole nitrogens is 1. The quantitative estimate of drug-likeness (QED) is 0.847. The Balaban J connectivity index is 1.68. The predicted molar refractivity (Wildman–Crippen MR) is 95.6 cm³/mol. The second kappa shape index (κ2) is 7.39. The Hall–Kier alpha value is -2.15. The molecule has 0 radical (unpaired) electrons. The standard InChI is InChI=1S/C18H18BrFN2O3/c1-25-17-10-21-15(9-16(17)23)18(24)22-6-4-11(5-7-22)13-3-2-12(19)8-14(13)20/h2-3,8-11H,4-7H2,1H3,(H,21,23). The summed E-state index contributed by atoms with van der Waals surface area (Å²) in [5.41, 5.74) is 0.587. The van der Waals surface area contributed by atoms with Gasteiger partial charge in [-0.15, -0.1) is 0 Å². The van der Waals surface area contributed by atoms with Gasteiger partial charge in [-0.2, -0.15) is 0 Å². The summed E-state index contributed by atoms with van der Waals surface area (Å²) >= 11 is 3.26. The van der Waals surface area contributed by atoms with Gasteiger partial charge in [0.1, 0.15) is 11.5 Å². The monoisotopic (exact) mass is 408 g/mol. The van der Waals surface area contributed by atoms with Crippen LogP contribution in [0.25, 0.3) is 0 Å². The largest absolute Gasteiger partial charge is 0.491 e. The van der Waals surface area contributed by atoms with Crippen molar-refractivity contribution in [2.45, 2.75) is 18.8 Å². The van der Waals surface area contributed by atoms with E-state index >= 15 is 0 Å². The molecular formula is C18H18BrFN2O3. The van der Waals surface area contributed by atoms with Crippen molar-refractivity contribution in [1.82, 2.24) is 9.88 Å². The van der Waals surface area contributed by atoms with Crippen molar-refractivity contribution in [3.63, 3.8) is 0 Å². The fourth-order valence-corrected chi connectivity index (χ4v) is 3.47. The summed E-state index contributed by atoms with van der Waals surface area (Å²) in [4.78, 5) is 28.8. The molecule has 0 saturated carbocycles. The van der Waals surface area contributed by atoms with Gasteiger partial charge in [-0.3, -0.25) is 9.59 Å². The number of likely N-dealkylation sites (tertiary alicyclic amines) is 1. The van der Waals surface area contributed by atoms with E-state index in [9.17, 15) is 14.0 Å². The Morgan fingerprint density at radius 1 is 1.32 bits per heavy atom. The molecule has 25 heavy (non-hydrogen) atoms. The van der Waals surface area contributed by atoms with Gasteiger partial charge in [-0.25, -0.2) is 4.39 Å². The number of nitrogens with one attached hydrogen (secondary N) is 1. The van der Waals surface area contributed by atoms with E-state index in [0.717, 1.165) is 0 Å². The van der Waals surface area contributed by atoms with Crippen molar-refractivity contribution in [3.05, 3.63) is 62.2 Å². The second-order valence-corrected chi connectivity index (χ2v) is 6.93. The summed E-state index contributed by atoms with van der Waals surface area (Å²) < 4.78 is 19.7. The summed E-state index contributed by atoms with van der Waals surface area (Å²) in [6, 6.07) is 6.34. The van der Waals surface area contributed by atoms with Crippen molar-refractivity contribution >= 4 is 21.8 Å². The topological polar surface area (TPSA) is 62.4 Å².